The monoisotopic (exact) mass is 338 g/mol. The summed E-state index contributed by atoms with van der Waals surface area (Å²) < 4.78 is 5.02. The fraction of sp³-hybridized carbons (Fsp3) is 0.812. The zero-order valence-electron chi connectivity index (χ0n) is 14.4. The summed E-state index contributed by atoms with van der Waals surface area (Å²) >= 11 is 1.36. The highest BCUT2D eigenvalue weighted by Crippen LogP contribution is 2.52. The molecule has 1 aromatic rings. The van der Waals surface area contributed by atoms with Gasteiger partial charge in [-0.15, -0.1) is 10.2 Å². The van der Waals surface area contributed by atoms with Crippen LogP contribution in [0.25, 0.3) is 0 Å². The van der Waals surface area contributed by atoms with E-state index < -0.39 is 0 Å². The number of hydrogen-bond donors (Lipinski definition) is 1. The Kier molecular flexibility index (Phi) is 4.46. The number of amides is 1. The van der Waals surface area contributed by atoms with Crippen molar-refractivity contribution in [1.82, 2.24) is 15.1 Å². The summed E-state index contributed by atoms with van der Waals surface area (Å²) in [6.45, 7) is 8.93. The number of fused-ring (bicyclic) bond motifs is 2. The van der Waals surface area contributed by atoms with Crippen LogP contribution in [0.4, 0.5) is 5.13 Å². The third-order valence-electron chi connectivity index (χ3n) is 4.85. The van der Waals surface area contributed by atoms with Gasteiger partial charge in [-0.3, -0.25) is 15.0 Å². The minimum atomic E-state index is -0.000858. The Balaban J connectivity index is 1.58. The molecule has 128 valence electrons. The normalized spacial score (nSPS) is 29.7. The first-order chi connectivity index (χ1) is 10.8. The van der Waals surface area contributed by atoms with Crippen LogP contribution in [-0.4, -0.2) is 47.2 Å². The molecule has 1 N–H and O–H groups in total. The zero-order valence-corrected chi connectivity index (χ0v) is 15.2. The fourth-order valence-electron chi connectivity index (χ4n) is 4.59. The van der Waals surface area contributed by atoms with E-state index in [2.05, 4.69) is 41.2 Å². The molecular formula is C16H26N4O2S. The number of hydrogen-bond acceptors (Lipinski definition) is 6. The number of likely N-dealkylation sites (tertiary alicyclic amines) is 1. The average Bonchev–Trinajstić information content (AvgIpc) is 2.91. The number of ether oxygens (including phenoxy) is 1. The smallest absolute Gasteiger partial charge is 0.240 e. The van der Waals surface area contributed by atoms with Crippen molar-refractivity contribution >= 4 is 22.4 Å². The number of carbonyl (C=O) groups is 1. The predicted octanol–water partition coefficient (Wildman–Crippen LogP) is 2.52. The van der Waals surface area contributed by atoms with Gasteiger partial charge in [-0.1, -0.05) is 32.1 Å². The molecule has 2 bridgehead atoms. The summed E-state index contributed by atoms with van der Waals surface area (Å²) in [5, 5.41) is 12.2. The molecule has 0 unspecified atom stereocenters. The van der Waals surface area contributed by atoms with Gasteiger partial charge in [0.05, 0.1) is 6.54 Å². The van der Waals surface area contributed by atoms with Gasteiger partial charge in [0.25, 0.3) is 0 Å². The van der Waals surface area contributed by atoms with Crippen LogP contribution < -0.4 is 5.32 Å². The minimum absolute atomic E-state index is 0.000858. The van der Waals surface area contributed by atoms with Crippen LogP contribution in [0.3, 0.4) is 0 Å². The van der Waals surface area contributed by atoms with Gasteiger partial charge in [0.15, 0.2) is 0 Å². The lowest BCUT2D eigenvalue weighted by Gasteiger charge is -2.39. The summed E-state index contributed by atoms with van der Waals surface area (Å²) in [6, 6.07) is 0.521. The van der Waals surface area contributed by atoms with E-state index in [0.29, 0.717) is 35.2 Å². The van der Waals surface area contributed by atoms with E-state index in [-0.39, 0.29) is 5.91 Å². The van der Waals surface area contributed by atoms with Crippen molar-refractivity contribution < 1.29 is 9.53 Å². The van der Waals surface area contributed by atoms with Gasteiger partial charge in [-0.25, -0.2) is 0 Å². The largest absolute Gasteiger partial charge is 0.377 e. The lowest BCUT2D eigenvalue weighted by Crippen LogP contribution is -2.38. The van der Waals surface area contributed by atoms with Crippen molar-refractivity contribution in [2.24, 2.45) is 10.8 Å². The van der Waals surface area contributed by atoms with Crippen molar-refractivity contribution in [3.8, 4) is 0 Å². The Labute approximate surface area is 141 Å². The van der Waals surface area contributed by atoms with E-state index in [4.69, 9.17) is 4.74 Å². The number of carbonyl (C=O) groups excluding carboxylic acids is 1. The molecule has 23 heavy (non-hydrogen) atoms. The molecular weight excluding hydrogens is 312 g/mol. The fourth-order valence-corrected chi connectivity index (χ4v) is 5.32. The van der Waals surface area contributed by atoms with Crippen molar-refractivity contribution in [2.45, 2.75) is 52.7 Å². The molecule has 1 aromatic heterocycles. The van der Waals surface area contributed by atoms with Gasteiger partial charge >= 0.3 is 0 Å². The number of aromatic nitrogens is 2. The molecule has 0 radical (unpaired) electrons. The molecule has 2 atom stereocenters. The second-order valence-electron chi connectivity index (χ2n) is 8.10. The summed E-state index contributed by atoms with van der Waals surface area (Å²) in [7, 11) is 1.62. The van der Waals surface area contributed by atoms with Gasteiger partial charge in [-0.2, -0.15) is 0 Å². The van der Waals surface area contributed by atoms with Gasteiger partial charge in [0, 0.05) is 19.7 Å². The first-order valence-electron chi connectivity index (χ1n) is 8.14. The first-order valence-corrected chi connectivity index (χ1v) is 8.96. The number of nitrogens with one attached hydrogen (secondary N) is 1. The van der Waals surface area contributed by atoms with Gasteiger partial charge < -0.3 is 4.74 Å². The maximum atomic E-state index is 12.3. The Morgan fingerprint density at radius 2 is 2.17 bits per heavy atom. The van der Waals surface area contributed by atoms with E-state index in [0.717, 1.165) is 11.6 Å². The van der Waals surface area contributed by atoms with Gasteiger partial charge in [0.2, 0.25) is 11.0 Å². The Bertz CT molecular complexity index is 588. The zero-order chi connectivity index (χ0) is 16.7. The molecule has 1 aliphatic heterocycles. The van der Waals surface area contributed by atoms with E-state index in [1.54, 1.807) is 7.11 Å². The standard InChI is InChI=1S/C16H26N4O2S/c1-15(2)5-11-6-16(3,9-15)10-20(11)7-12(21)17-14-19-18-13(23-14)8-22-4/h11H,5-10H2,1-4H3,(H,17,19,21)/t11-,16-/m1/s1. The summed E-state index contributed by atoms with van der Waals surface area (Å²) in [5.74, 6) is -0.000858. The maximum absolute atomic E-state index is 12.3. The van der Waals surface area contributed by atoms with Crippen LogP contribution in [0.1, 0.15) is 45.0 Å². The highest BCUT2D eigenvalue weighted by molar-refractivity contribution is 7.15. The SMILES string of the molecule is COCc1nnc(NC(=O)CN2C[C@]3(C)C[C@H]2CC(C)(C)C3)s1. The lowest BCUT2D eigenvalue weighted by atomic mass is 9.65. The molecule has 2 fully saturated rings. The molecule has 6 nitrogen and oxygen atoms in total. The predicted molar refractivity (Wildman–Crippen MR) is 90.4 cm³/mol. The molecule has 3 rings (SSSR count). The van der Waals surface area contributed by atoms with Crippen molar-refractivity contribution in [3.63, 3.8) is 0 Å². The Morgan fingerprint density at radius 1 is 1.39 bits per heavy atom. The highest BCUT2D eigenvalue weighted by atomic mass is 32.1. The molecule has 0 aromatic carbocycles. The van der Waals surface area contributed by atoms with Crippen LogP contribution in [0.5, 0.6) is 0 Å². The molecule has 0 spiro atoms. The molecule has 2 heterocycles. The number of methoxy groups -OCH3 is 1. The Morgan fingerprint density at radius 3 is 2.91 bits per heavy atom. The third-order valence-corrected chi connectivity index (χ3v) is 5.66. The van der Waals surface area contributed by atoms with Crippen molar-refractivity contribution in [2.75, 3.05) is 25.5 Å². The van der Waals surface area contributed by atoms with Gasteiger partial charge in [0.1, 0.15) is 11.6 Å². The number of nitrogens with zero attached hydrogens (tertiary/aromatic N) is 3. The van der Waals surface area contributed by atoms with Crippen molar-refractivity contribution in [3.05, 3.63) is 5.01 Å². The Hall–Kier alpha value is -1.05. The van der Waals surface area contributed by atoms with Crippen molar-refractivity contribution in [1.29, 1.82) is 0 Å². The molecule has 1 saturated heterocycles. The van der Waals surface area contributed by atoms with E-state index in [9.17, 15) is 4.79 Å². The second-order valence-corrected chi connectivity index (χ2v) is 9.16. The van der Waals surface area contributed by atoms with E-state index in [1.807, 2.05) is 0 Å². The van der Waals surface area contributed by atoms with Crippen LogP contribution >= 0.6 is 11.3 Å². The highest BCUT2D eigenvalue weighted by Gasteiger charge is 2.49. The molecule has 1 aliphatic carbocycles. The number of anilines is 1. The summed E-state index contributed by atoms with van der Waals surface area (Å²) in [5.41, 5.74) is 0.720. The summed E-state index contributed by atoms with van der Waals surface area (Å²) in [4.78, 5) is 14.7. The van der Waals surface area contributed by atoms with Crippen LogP contribution in [0.15, 0.2) is 0 Å². The maximum Gasteiger partial charge on any atom is 0.240 e. The third kappa shape index (κ3) is 3.89. The first kappa shape index (κ1) is 16.8. The molecule has 1 amide bonds. The van der Waals surface area contributed by atoms with Crippen LogP contribution in [0, 0.1) is 10.8 Å². The quantitative estimate of drug-likeness (QED) is 0.893. The summed E-state index contributed by atoms with van der Waals surface area (Å²) in [6.07, 6.45) is 3.62. The molecule has 1 saturated carbocycles. The topological polar surface area (TPSA) is 67.4 Å². The van der Waals surface area contributed by atoms with Crippen LogP contribution in [0.2, 0.25) is 0 Å². The number of rotatable bonds is 5. The second kappa shape index (κ2) is 6.11. The van der Waals surface area contributed by atoms with Gasteiger partial charge in [-0.05, 0) is 30.1 Å². The van der Waals surface area contributed by atoms with E-state index >= 15 is 0 Å². The molecule has 7 heteroatoms. The average molecular weight is 338 g/mol. The van der Waals surface area contributed by atoms with Crippen LogP contribution in [-0.2, 0) is 16.1 Å². The molecule has 2 aliphatic rings. The van der Waals surface area contributed by atoms with E-state index in [1.165, 1.54) is 30.6 Å². The lowest BCUT2D eigenvalue weighted by molar-refractivity contribution is -0.117. The minimum Gasteiger partial charge on any atom is -0.377 e.